The summed E-state index contributed by atoms with van der Waals surface area (Å²) in [6.45, 7) is 10.2. The summed E-state index contributed by atoms with van der Waals surface area (Å²) in [6, 6.07) is 5.03. The van der Waals surface area contributed by atoms with E-state index >= 15 is 0 Å². The number of hydrogen-bond donors (Lipinski definition) is 3. The summed E-state index contributed by atoms with van der Waals surface area (Å²) in [6.07, 6.45) is 2.30. The van der Waals surface area contributed by atoms with Crippen molar-refractivity contribution in [2.24, 2.45) is 0 Å². The molecule has 0 unspecified atom stereocenters. The summed E-state index contributed by atoms with van der Waals surface area (Å²) in [5.41, 5.74) is 0.731. The van der Waals surface area contributed by atoms with Crippen LogP contribution >= 0.6 is 0 Å². The molecule has 168 valence electrons. The molecule has 1 heterocycles. The van der Waals surface area contributed by atoms with E-state index in [0.717, 1.165) is 38.2 Å². The molecular weight excluding hydrogens is 384 g/mol. The molecule has 1 aromatic carbocycles. The SMILES string of the molecule is CC[NH+](CC)CCC[C@@H](C)NC(=O)N[C@H]1CC(=O)N(c2ccc(OC)c(OC)c2)C1. The first-order valence-electron chi connectivity index (χ1n) is 10.8. The predicted octanol–water partition coefficient (Wildman–Crippen LogP) is 1.20. The Labute approximate surface area is 179 Å². The van der Waals surface area contributed by atoms with Crippen molar-refractivity contribution in [2.45, 2.75) is 52.1 Å². The maximum absolute atomic E-state index is 12.5. The van der Waals surface area contributed by atoms with Gasteiger partial charge >= 0.3 is 6.03 Å². The second kappa shape index (κ2) is 11.6. The van der Waals surface area contributed by atoms with Gasteiger partial charge in [0.25, 0.3) is 0 Å². The number of methoxy groups -OCH3 is 2. The summed E-state index contributed by atoms with van der Waals surface area (Å²) in [5, 5.41) is 5.93. The van der Waals surface area contributed by atoms with Crippen molar-refractivity contribution >= 4 is 17.6 Å². The Morgan fingerprint density at radius 3 is 2.57 bits per heavy atom. The van der Waals surface area contributed by atoms with Gasteiger partial charge in [-0.3, -0.25) is 4.79 Å². The smallest absolute Gasteiger partial charge is 0.315 e. The van der Waals surface area contributed by atoms with Gasteiger partial charge in [0.1, 0.15) is 0 Å². The number of carbonyl (C=O) groups is 2. The number of nitrogens with one attached hydrogen (secondary N) is 3. The molecule has 0 saturated carbocycles. The van der Waals surface area contributed by atoms with Gasteiger partial charge in [0.15, 0.2) is 11.5 Å². The number of quaternary nitrogens is 1. The number of carbonyl (C=O) groups excluding carboxylic acids is 2. The number of ether oxygens (including phenoxy) is 2. The first-order valence-corrected chi connectivity index (χ1v) is 10.8. The third-order valence-electron chi connectivity index (χ3n) is 5.68. The largest absolute Gasteiger partial charge is 0.493 e. The molecule has 8 nitrogen and oxygen atoms in total. The van der Waals surface area contributed by atoms with Gasteiger partial charge in [-0.15, -0.1) is 0 Å². The summed E-state index contributed by atoms with van der Waals surface area (Å²) in [4.78, 5) is 28.1. The van der Waals surface area contributed by atoms with Crippen molar-refractivity contribution in [2.75, 3.05) is 45.3 Å². The minimum absolute atomic E-state index is 0.0252. The zero-order valence-corrected chi connectivity index (χ0v) is 18.9. The Balaban J connectivity index is 1.83. The highest BCUT2D eigenvalue weighted by Gasteiger charge is 2.32. The van der Waals surface area contributed by atoms with Gasteiger partial charge in [-0.2, -0.15) is 0 Å². The molecule has 0 radical (unpaired) electrons. The molecule has 3 amide bonds. The minimum atomic E-state index is -0.224. The number of hydrogen-bond acceptors (Lipinski definition) is 4. The molecule has 0 aromatic heterocycles. The average molecular weight is 422 g/mol. The van der Waals surface area contributed by atoms with Gasteiger partial charge < -0.3 is 29.9 Å². The molecule has 2 atom stereocenters. The fourth-order valence-corrected chi connectivity index (χ4v) is 3.83. The monoisotopic (exact) mass is 421 g/mol. The Morgan fingerprint density at radius 1 is 1.23 bits per heavy atom. The molecule has 1 saturated heterocycles. The van der Waals surface area contributed by atoms with E-state index in [2.05, 4.69) is 24.5 Å². The van der Waals surface area contributed by atoms with Crippen LogP contribution in [0.25, 0.3) is 0 Å². The number of amides is 3. The highest BCUT2D eigenvalue weighted by atomic mass is 16.5. The van der Waals surface area contributed by atoms with E-state index in [1.165, 1.54) is 0 Å². The van der Waals surface area contributed by atoms with E-state index in [0.29, 0.717) is 18.0 Å². The van der Waals surface area contributed by atoms with E-state index < -0.39 is 0 Å². The molecule has 1 fully saturated rings. The Kier molecular flexibility index (Phi) is 9.23. The molecule has 1 aliphatic heterocycles. The van der Waals surface area contributed by atoms with Crippen molar-refractivity contribution in [1.82, 2.24) is 10.6 Å². The fourth-order valence-electron chi connectivity index (χ4n) is 3.83. The van der Waals surface area contributed by atoms with Crippen LogP contribution in [0.2, 0.25) is 0 Å². The number of rotatable bonds is 11. The summed E-state index contributed by atoms with van der Waals surface area (Å²) in [5.74, 6) is 1.15. The quantitative estimate of drug-likeness (QED) is 0.501. The molecule has 3 N–H and O–H groups in total. The van der Waals surface area contributed by atoms with Crippen molar-refractivity contribution in [1.29, 1.82) is 0 Å². The topological polar surface area (TPSA) is 84.3 Å². The van der Waals surface area contributed by atoms with Gasteiger partial charge in [-0.1, -0.05) is 0 Å². The van der Waals surface area contributed by atoms with Gasteiger partial charge in [0.2, 0.25) is 5.91 Å². The number of anilines is 1. The first kappa shape index (κ1) is 23.8. The molecule has 8 heteroatoms. The Bertz CT molecular complexity index is 708. The molecular formula is C22H37N4O4+. The molecule has 30 heavy (non-hydrogen) atoms. The third-order valence-corrected chi connectivity index (χ3v) is 5.68. The fraction of sp³-hybridized carbons (Fsp3) is 0.636. The van der Waals surface area contributed by atoms with Crippen LogP contribution in [0.1, 0.15) is 40.0 Å². The normalized spacial score (nSPS) is 17.2. The van der Waals surface area contributed by atoms with Crippen molar-refractivity contribution in [3.63, 3.8) is 0 Å². The van der Waals surface area contributed by atoms with Gasteiger partial charge in [-0.05, 0) is 45.7 Å². The molecule has 0 bridgehead atoms. The van der Waals surface area contributed by atoms with E-state index in [1.54, 1.807) is 36.2 Å². The zero-order valence-electron chi connectivity index (χ0n) is 18.9. The maximum Gasteiger partial charge on any atom is 0.315 e. The lowest BCUT2D eigenvalue weighted by molar-refractivity contribution is -0.896. The first-order chi connectivity index (χ1) is 14.4. The predicted molar refractivity (Wildman–Crippen MR) is 118 cm³/mol. The lowest BCUT2D eigenvalue weighted by Gasteiger charge is -2.20. The lowest BCUT2D eigenvalue weighted by Crippen LogP contribution is -3.11. The summed E-state index contributed by atoms with van der Waals surface area (Å²) < 4.78 is 10.6. The van der Waals surface area contributed by atoms with Crippen LogP contribution in [0.4, 0.5) is 10.5 Å². The third kappa shape index (κ3) is 6.52. The van der Waals surface area contributed by atoms with Crippen LogP contribution in [0.3, 0.4) is 0 Å². The second-order valence-corrected chi connectivity index (χ2v) is 7.81. The minimum Gasteiger partial charge on any atom is -0.493 e. The second-order valence-electron chi connectivity index (χ2n) is 7.81. The number of benzene rings is 1. The maximum atomic E-state index is 12.5. The van der Waals surface area contributed by atoms with E-state index in [9.17, 15) is 9.59 Å². The Morgan fingerprint density at radius 2 is 1.93 bits per heavy atom. The van der Waals surface area contributed by atoms with Crippen LogP contribution < -0.4 is 29.9 Å². The molecule has 1 aromatic rings. The average Bonchev–Trinajstić information content (AvgIpc) is 3.10. The number of urea groups is 1. The highest BCUT2D eigenvalue weighted by Crippen LogP contribution is 2.33. The van der Waals surface area contributed by atoms with E-state index in [4.69, 9.17) is 9.47 Å². The molecule has 0 aliphatic carbocycles. The lowest BCUT2D eigenvalue weighted by atomic mass is 10.2. The van der Waals surface area contributed by atoms with Crippen LogP contribution in [-0.2, 0) is 4.79 Å². The van der Waals surface area contributed by atoms with Crippen LogP contribution in [0.15, 0.2) is 18.2 Å². The molecule has 2 rings (SSSR count). The Hall–Kier alpha value is -2.48. The van der Waals surface area contributed by atoms with Crippen LogP contribution in [-0.4, -0.2) is 64.4 Å². The molecule has 1 aliphatic rings. The zero-order chi connectivity index (χ0) is 22.1. The van der Waals surface area contributed by atoms with E-state index in [-0.39, 0.29) is 30.4 Å². The summed E-state index contributed by atoms with van der Waals surface area (Å²) in [7, 11) is 3.13. The van der Waals surface area contributed by atoms with Gasteiger partial charge in [-0.25, -0.2) is 4.79 Å². The van der Waals surface area contributed by atoms with E-state index in [1.807, 2.05) is 13.0 Å². The standard InChI is InChI=1S/C22H36N4O4/c1-6-25(7-2)12-8-9-16(3)23-22(28)24-17-13-21(27)26(15-17)18-10-11-19(29-4)20(14-18)30-5/h10-11,14,16-17H,6-9,12-13,15H2,1-5H3,(H2,23,24,28)/p+1/t16-,17+/m1/s1. The van der Waals surface area contributed by atoms with Crippen LogP contribution in [0, 0.1) is 0 Å². The number of nitrogens with zero attached hydrogens (tertiary/aromatic N) is 1. The van der Waals surface area contributed by atoms with Crippen molar-refractivity contribution < 1.29 is 24.0 Å². The molecule has 0 spiro atoms. The van der Waals surface area contributed by atoms with Gasteiger partial charge in [0, 0.05) is 30.8 Å². The summed E-state index contributed by atoms with van der Waals surface area (Å²) >= 11 is 0. The van der Waals surface area contributed by atoms with Crippen molar-refractivity contribution in [3.8, 4) is 11.5 Å². The highest BCUT2D eigenvalue weighted by molar-refractivity contribution is 5.97. The van der Waals surface area contributed by atoms with Crippen molar-refractivity contribution in [3.05, 3.63) is 18.2 Å². The van der Waals surface area contributed by atoms with Crippen LogP contribution in [0.5, 0.6) is 11.5 Å². The van der Waals surface area contributed by atoms with Gasteiger partial charge in [0.05, 0.1) is 39.9 Å².